The van der Waals surface area contributed by atoms with Crippen LogP contribution in [0.1, 0.15) is 0 Å². The van der Waals surface area contributed by atoms with E-state index in [-0.39, 0.29) is 0 Å². The number of hydrogen-bond acceptors (Lipinski definition) is 3. The quantitative estimate of drug-likeness (QED) is 0.369. The SMILES string of the molecule is C=C.C=C.C=C.C=C.O=C(O)OC(=O)O. The van der Waals surface area contributed by atoms with Crippen molar-refractivity contribution in [2.75, 3.05) is 0 Å². The van der Waals surface area contributed by atoms with Gasteiger partial charge in [-0.25, -0.2) is 9.59 Å². The number of hydrogen-bond donors (Lipinski definition) is 2. The number of carbonyl (C=O) groups is 2. The Labute approximate surface area is 90.3 Å². The molecule has 0 aliphatic heterocycles. The molecule has 0 saturated carbocycles. The van der Waals surface area contributed by atoms with Gasteiger partial charge in [-0.05, 0) is 0 Å². The Morgan fingerprint density at radius 3 is 0.800 bits per heavy atom. The second-order valence-corrected chi connectivity index (χ2v) is 0.634. The van der Waals surface area contributed by atoms with Gasteiger partial charge < -0.3 is 14.9 Å². The van der Waals surface area contributed by atoms with Gasteiger partial charge in [-0.3, -0.25) is 0 Å². The van der Waals surface area contributed by atoms with Gasteiger partial charge in [0.2, 0.25) is 0 Å². The summed E-state index contributed by atoms with van der Waals surface area (Å²) in [5.74, 6) is 0. The van der Waals surface area contributed by atoms with Gasteiger partial charge in [0, 0.05) is 0 Å². The van der Waals surface area contributed by atoms with E-state index in [0.717, 1.165) is 0 Å². The minimum atomic E-state index is -1.81. The normalized spacial score (nSPS) is 4.53. The first-order valence-corrected chi connectivity index (χ1v) is 3.26. The zero-order chi connectivity index (χ0) is 13.9. The summed E-state index contributed by atoms with van der Waals surface area (Å²) in [7, 11) is 0. The Morgan fingerprint density at radius 1 is 0.667 bits per heavy atom. The van der Waals surface area contributed by atoms with Crippen molar-refractivity contribution in [3.8, 4) is 0 Å². The van der Waals surface area contributed by atoms with Crippen LogP contribution in [0.2, 0.25) is 0 Å². The van der Waals surface area contributed by atoms with Gasteiger partial charge in [0.25, 0.3) is 0 Å². The Kier molecular flexibility index (Phi) is 119. The van der Waals surface area contributed by atoms with E-state index in [4.69, 9.17) is 10.2 Å². The summed E-state index contributed by atoms with van der Waals surface area (Å²) in [4.78, 5) is 18.4. The molecule has 0 aromatic carbocycles. The second-order valence-electron chi connectivity index (χ2n) is 0.634. The third kappa shape index (κ3) is 381. The van der Waals surface area contributed by atoms with E-state index in [2.05, 4.69) is 57.4 Å². The van der Waals surface area contributed by atoms with Crippen molar-refractivity contribution in [1.29, 1.82) is 0 Å². The average Bonchev–Trinajstić information content (AvgIpc) is 2.27. The fourth-order valence-electron chi connectivity index (χ4n) is 0.0747. The molecule has 0 aromatic heterocycles. The minimum Gasteiger partial charge on any atom is -0.449 e. The molecule has 0 saturated heterocycles. The predicted octanol–water partition coefficient (Wildman–Crippen LogP) is 3.57. The molecular formula is C10H18O5. The zero-order valence-electron chi connectivity index (χ0n) is 8.78. The molecule has 88 valence electrons. The molecule has 0 aliphatic carbocycles. The molecule has 0 radical (unpaired) electrons. The molecular weight excluding hydrogens is 200 g/mol. The third-order valence-electron chi connectivity index (χ3n) is 0.175. The molecule has 0 fully saturated rings. The molecule has 5 nitrogen and oxygen atoms in total. The summed E-state index contributed by atoms with van der Waals surface area (Å²) in [6.07, 6.45) is -3.62. The molecule has 15 heavy (non-hydrogen) atoms. The first-order chi connectivity index (χ1) is 7.13. The summed E-state index contributed by atoms with van der Waals surface area (Å²) in [6, 6.07) is 0. The predicted molar refractivity (Wildman–Crippen MR) is 62.2 cm³/mol. The van der Waals surface area contributed by atoms with Gasteiger partial charge in [0.05, 0.1) is 0 Å². The van der Waals surface area contributed by atoms with Crippen LogP contribution < -0.4 is 0 Å². The van der Waals surface area contributed by atoms with Crippen molar-refractivity contribution < 1.29 is 24.5 Å². The number of carboxylic acid groups (broad SMARTS) is 2. The molecule has 0 spiro atoms. The Morgan fingerprint density at radius 2 is 0.800 bits per heavy atom. The first-order valence-electron chi connectivity index (χ1n) is 3.26. The van der Waals surface area contributed by atoms with Gasteiger partial charge in [0.15, 0.2) is 0 Å². The van der Waals surface area contributed by atoms with Crippen LogP contribution in [0.3, 0.4) is 0 Å². The first kappa shape index (κ1) is 29.3. The van der Waals surface area contributed by atoms with Crippen molar-refractivity contribution in [2.24, 2.45) is 0 Å². The largest absolute Gasteiger partial charge is 0.516 e. The fourth-order valence-corrected chi connectivity index (χ4v) is 0.0747. The topological polar surface area (TPSA) is 83.8 Å². The highest BCUT2D eigenvalue weighted by Gasteiger charge is 2.01. The lowest BCUT2D eigenvalue weighted by atomic mass is 11.3. The van der Waals surface area contributed by atoms with Crippen LogP contribution in [0, 0.1) is 0 Å². The van der Waals surface area contributed by atoms with Crippen LogP contribution in [-0.4, -0.2) is 22.5 Å². The molecule has 0 bridgehead atoms. The lowest BCUT2D eigenvalue weighted by molar-refractivity contribution is 0.0802. The van der Waals surface area contributed by atoms with Crippen LogP contribution in [-0.2, 0) is 4.74 Å². The highest BCUT2D eigenvalue weighted by atomic mass is 16.7. The van der Waals surface area contributed by atoms with Gasteiger partial charge in [-0.2, -0.15) is 0 Å². The van der Waals surface area contributed by atoms with Crippen molar-refractivity contribution >= 4 is 12.3 Å². The summed E-state index contributed by atoms with van der Waals surface area (Å²) >= 11 is 0. The maximum absolute atomic E-state index is 9.21. The van der Waals surface area contributed by atoms with Crippen LogP contribution in [0.15, 0.2) is 52.6 Å². The molecule has 0 aliphatic rings. The van der Waals surface area contributed by atoms with Gasteiger partial charge in [-0.15, -0.1) is 52.6 Å². The lowest BCUT2D eigenvalue weighted by Crippen LogP contribution is -2.05. The van der Waals surface area contributed by atoms with Gasteiger partial charge in [0.1, 0.15) is 0 Å². The highest BCUT2D eigenvalue weighted by molar-refractivity contribution is 5.74. The van der Waals surface area contributed by atoms with E-state index >= 15 is 0 Å². The van der Waals surface area contributed by atoms with Crippen LogP contribution in [0.4, 0.5) is 9.59 Å². The molecule has 0 unspecified atom stereocenters. The summed E-state index contributed by atoms with van der Waals surface area (Å²) in [5, 5.41) is 15.0. The smallest absolute Gasteiger partial charge is 0.449 e. The minimum absolute atomic E-state index is 1.81. The molecule has 2 N–H and O–H groups in total. The van der Waals surface area contributed by atoms with E-state index in [1.165, 1.54) is 0 Å². The number of ether oxygens (including phenoxy) is 1. The molecule has 5 heteroatoms. The van der Waals surface area contributed by atoms with Crippen molar-refractivity contribution in [1.82, 2.24) is 0 Å². The molecule has 0 amide bonds. The Bertz CT molecular complexity index is 125. The van der Waals surface area contributed by atoms with E-state index in [9.17, 15) is 9.59 Å². The van der Waals surface area contributed by atoms with Crippen molar-refractivity contribution in [2.45, 2.75) is 0 Å². The highest BCUT2D eigenvalue weighted by Crippen LogP contribution is 1.73. The van der Waals surface area contributed by atoms with Crippen LogP contribution in [0.25, 0.3) is 0 Å². The van der Waals surface area contributed by atoms with Crippen LogP contribution in [0.5, 0.6) is 0 Å². The Hall–Kier alpha value is -2.30. The standard InChI is InChI=1S/C2H2O5.4C2H4/c3-1(4)7-2(5)6;4*1-2/h(H,3,4)(H,5,6);4*1-2H2. The zero-order valence-corrected chi connectivity index (χ0v) is 8.78. The van der Waals surface area contributed by atoms with Crippen molar-refractivity contribution in [3.05, 3.63) is 52.6 Å². The van der Waals surface area contributed by atoms with E-state index in [0.29, 0.717) is 0 Å². The maximum Gasteiger partial charge on any atom is 0.516 e. The molecule has 0 aromatic rings. The second kappa shape index (κ2) is 60.6. The van der Waals surface area contributed by atoms with Gasteiger partial charge in [-0.1, -0.05) is 0 Å². The molecule has 0 atom stereocenters. The molecule has 0 heterocycles. The number of rotatable bonds is 0. The van der Waals surface area contributed by atoms with Crippen molar-refractivity contribution in [3.63, 3.8) is 0 Å². The average molecular weight is 218 g/mol. The monoisotopic (exact) mass is 218 g/mol. The van der Waals surface area contributed by atoms with Crippen LogP contribution >= 0.6 is 0 Å². The van der Waals surface area contributed by atoms with E-state index < -0.39 is 12.3 Å². The maximum atomic E-state index is 9.21. The molecule has 0 rings (SSSR count). The summed E-state index contributed by atoms with van der Waals surface area (Å²) in [5.41, 5.74) is 0. The van der Waals surface area contributed by atoms with Gasteiger partial charge >= 0.3 is 12.3 Å². The van der Waals surface area contributed by atoms with E-state index in [1.54, 1.807) is 0 Å². The Balaban J connectivity index is -0.0000000353. The van der Waals surface area contributed by atoms with E-state index in [1.807, 2.05) is 0 Å². The summed E-state index contributed by atoms with van der Waals surface area (Å²) in [6.45, 7) is 24.0. The fraction of sp³-hybridized carbons (Fsp3) is 0. The third-order valence-corrected chi connectivity index (χ3v) is 0.175. The summed E-state index contributed by atoms with van der Waals surface area (Å²) < 4.78 is 3.08. The lowest BCUT2D eigenvalue weighted by Gasteiger charge is -1.84.